The van der Waals surface area contributed by atoms with Crippen LogP contribution in [0.25, 0.3) is 22.0 Å². The number of pyridine rings is 1. The van der Waals surface area contributed by atoms with Crippen molar-refractivity contribution in [2.75, 3.05) is 45.0 Å². The molecule has 236 valence electrons. The lowest BCUT2D eigenvalue weighted by Crippen LogP contribution is -2.21. The summed E-state index contributed by atoms with van der Waals surface area (Å²) in [7, 11) is 0. The molecule has 6 rings (SSSR count). The van der Waals surface area contributed by atoms with Crippen LogP contribution >= 0.6 is 0 Å². The molecule has 2 aromatic heterocycles. The third kappa shape index (κ3) is 7.20. The number of ether oxygens (including phenoxy) is 6. The Hall–Kier alpha value is -5.60. The molecule has 1 aliphatic heterocycles. The number of halogens is 2. The fraction of sp³-hybridized carbons (Fsp3) is 0.188. The van der Waals surface area contributed by atoms with Gasteiger partial charge in [-0.2, -0.15) is 0 Å². The Morgan fingerprint density at radius 2 is 1.54 bits per heavy atom. The number of nitrogens with one attached hydrogen (secondary N) is 2. The van der Waals surface area contributed by atoms with Crippen LogP contribution in [-0.2, 0) is 9.47 Å². The van der Waals surface area contributed by atoms with Gasteiger partial charge < -0.3 is 33.4 Å². The summed E-state index contributed by atoms with van der Waals surface area (Å²) in [6.07, 6.45) is 2.84. The number of rotatable bonds is 5. The van der Waals surface area contributed by atoms with Crippen molar-refractivity contribution >= 4 is 22.7 Å². The standard InChI is InChI=1S/C32H26F2N4O8/c33-20-3-1-19(2-4-20)23-16-35-17-29(30(23)39)46-32(40)38-21-5-6-26(24(34)13-21)45-31-22-14-27-28(15-25(22)36-18-37-31)44-12-10-42-8-7-41-9-11-43-27/h1-6,13-18H,7-12H2,(H,35,39)(H,38,40). The number of fused-ring (bicyclic) bond motifs is 2. The van der Waals surface area contributed by atoms with Gasteiger partial charge in [0.25, 0.3) is 0 Å². The third-order valence-electron chi connectivity index (χ3n) is 6.66. The minimum Gasteiger partial charge on any atom is -0.487 e. The first-order chi connectivity index (χ1) is 22.4. The van der Waals surface area contributed by atoms with E-state index in [1.807, 2.05) is 0 Å². The number of aromatic amines is 1. The van der Waals surface area contributed by atoms with Crippen LogP contribution < -0.4 is 29.7 Å². The molecule has 0 spiro atoms. The monoisotopic (exact) mass is 632 g/mol. The summed E-state index contributed by atoms with van der Waals surface area (Å²) in [6, 6.07) is 12.3. The second kappa shape index (κ2) is 14.0. The van der Waals surface area contributed by atoms with Gasteiger partial charge in [-0.05, 0) is 35.9 Å². The lowest BCUT2D eigenvalue weighted by Gasteiger charge is -2.16. The van der Waals surface area contributed by atoms with Gasteiger partial charge in [-0.3, -0.25) is 10.1 Å². The van der Waals surface area contributed by atoms with E-state index in [-0.39, 0.29) is 41.8 Å². The normalized spacial score (nSPS) is 13.7. The molecule has 3 heterocycles. The molecule has 12 nitrogen and oxygen atoms in total. The van der Waals surface area contributed by atoms with Crippen molar-refractivity contribution in [1.82, 2.24) is 15.0 Å². The van der Waals surface area contributed by atoms with Crippen molar-refractivity contribution in [3.05, 3.63) is 95.2 Å². The highest BCUT2D eigenvalue weighted by Crippen LogP contribution is 2.37. The quantitative estimate of drug-likeness (QED) is 0.256. The van der Waals surface area contributed by atoms with Crippen molar-refractivity contribution in [2.24, 2.45) is 0 Å². The van der Waals surface area contributed by atoms with Crippen molar-refractivity contribution in [2.45, 2.75) is 0 Å². The second-order valence-electron chi connectivity index (χ2n) is 9.75. The highest BCUT2D eigenvalue weighted by Gasteiger charge is 2.17. The maximum atomic E-state index is 15.2. The van der Waals surface area contributed by atoms with Gasteiger partial charge in [-0.15, -0.1) is 0 Å². The summed E-state index contributed by atoms with van der Waals surface area (Å²) in [6.45, 7) is 2.14. The average Bonchev–Trinajstić information content (AvgIpc) is 3.04. The van der Waals surface area contributed by atoms with Crippen molar-refractivity contribution in [3.8, 4) is 40.0 Å². The molecule has 0 unspecified atom stereocenters. The molecule has 0 saturated heterocycles. The molecule has 0 fully saturated rings. The molecule has 0 atom stereocenters. The first-order valence-electron chi connectivity index (χ1n) is 14.1. The van der Waals surface area contributed by atoms with E-state index in [4.69, 9.17) is 28.4 Å². The largest absolute Gasteiger partial charge is 0.487 e. The maximum absolute atomic E-state index is 15.2. The number of H-pyrrole nitrogens is 1. The smallest absolute Gasteiger partial charge is 0.417 e. The van der Waals surface area contributed by atoms with Crippen molar-refractivity contribution < 1.29 is 42.0 Å². The average molecular weight is 633 g/mol. The molecule has 0 aliphatic carbocycles. The molecule has 0 bridgehead atoms. The van der Waals surface area contributed by atoms with Gasteiger partial charge in [0, 0.05) is 35.8 Å². The lowest BCUT2D eigenvalue weighted by atomic mass is 10.1. The summed E-state index contributed by atoms with van der Waals surface area (Å²) in [5.41, 5.74) is 0.495. The Kier molecular flexibility index (Phi) is 9.27. The predicted octanol–water partition coefficient (Wildman–Crippen LogP) is 5.47. The van der Waals surface area contributed by atoms with Gasteiger partial charge in [0.05, 0.1) is 37.3 Å². The van der Waals surface area contributed by atoms with Gasteiger partial charge in [0.1, 0.15) is 25.4 Å². The summed E-state index contributed by atoms with van der Waals surface area (Å²) in [5, 5.41) is 2.81. The molecule has 1 amide bonds. The highest BCUT2D eigenvalue weighted by molar-refractivity contribution is 5.88. The van der Waals surface area contributed by atoms with Crippen molar-refractivity contribution in [1.29, 1.82) is 0 Å². The van der Waals surface area contributed by atoms with Crippen LogP contribution in [0.5, 0.6) is 28.9 Å². The van der Waals surface area contributed by atoms with E-state index in [9.17, 15) is 14.0 Å². The van der Waals surface area contributed by atoms with Crippen LogP contribution in [0.15, 0.2) is 78.1 Å². The Morgan fingerprint density at radius 3 is 2.28 bits per heavy atom. The lowest BCUT2D eigenvalue weighted by molar-refractivity contribution is 0.0224. The van der Waals surface area contributed by atoms with Crippen LogP contribution in [0.3, 0.4) is 0 Å². The van der Waals surface area contributed by atoms with Gasteiger partial charge >= 0.3 is 6.09 Å². The zero-order chi connectivity index (χ0) is 31.9. The van der Waals surface area contributed by atoms with Crippen molar-refractivity contribution in [3.63, 3.8) is 0 Å². The summed E-state index contributed by atoms with van der Waals surface area (Å²) in [4.78, 5) is 36.6. The zero-order valence-corrected chi connectivity index (χ0v) is 24.1. The molecule has 0 saturated carbocycles. The Bertz CT molecular complexity index is 1920. The highest BCUT2D eigenvalue weighted by atomic mass is 19.1. The van der Waals surface area contributed by atoms with E-state index < -0.39 is 23.2 Å². The van der Waals surface area contributed by atoms with Crippen LogP contribution in [0.4, 0.5) is 19.3 Å². The number of hydrogen-bond donors (Lipinski definition) is 2. The van der Waals surface area contributed by atoms with E-state index in [0.717, 1.165) is 6.07 Å². The summed E-state index contributed by atoms with van der Waals surface area (Å²) >= 11 is 0. The number of nitrogens with zero attached hydrogens (tertiary/aromatic N) is 2. The fourth-order valence-electron chi connectivity index (χ4n) is 4.48. The fourth-order valence-corrected chi connectivity index (χ4v) is 4.48. The molecule has 5 aromatic rings. The van der Waals surface area contributed by atoms with Gasteiger partial charge in [-0.25, -0.2) is 23.5 Å². The number of amides is 1. The number of carbonyl (C=O) groups is 1. The van der Waals surface area contributed by atoms with Gasteiger partial charge in [0.2, 0.25) is 11.3 Å². The number of aromatic nitrogens is 3. The summed E-state index contributed by atoms with van der Waals surface area (Å²) in [5.74, 6) is -0.867. The number of carbonyl (C=O) groups excluding carboxylic acids is 1. The SMILES string of the molecule is O=C(Nc1ccc(Oc2ncnc3cc4c(cc23)OCCOCCOCCO4)c(F)c1)Oc1c[nH]cc(-c2ccc(F)cc2)c1=O. The predicted molar refractivity (Wildman–Crippen MR) is 161 cm³/mol. The molecule has 0 radical (unpaired) electrons. The van der Waals surface area contributed by atoms with E-state index in [0.29, 0.717) is 54.4 Å². The molecular weight excluding hydrogens is 606 g/mol. The van der Waals surface area contributed by atoms with Gasteiger partial charge in [0.15, 0.2) is 28.8 Å². The Balaban J connectivity index is 1.16. The molecule has 2 N–H and O–H groups in total. The zero-order valence-electron chi connectivity index (χ0n) is 24.1. The maximum Gasteiger partial charge on any atom is 0.417 e. The van der Waals surface area contributed by atoms with Gasteiger partial charge in [-0.1, -0.05) is 12.1 Å². The second-order valence-corrected chi connectivity index (χ2v) is 9.75. The third-order valence-corrected chi connectivity index (χ3v) is 6.66. The van der Waals surface area contributed by atoms with Crippen LogP contribution in [-0.4, -0.2) is 60.7 Å². The molecule has 14 heteroatoms. The first-order valence-corrected chi connectivity index (χ1v) is 14.1. The molecular formula is C32H26F2N4O8. The minimum absolute atomic E-state index is 0.0327. The first kappa shape index (κ1) is 30.4. The number of benzene rings is 3. The van der Waals surface area contributed by atoms with E-state index >= 15 is 4.39 Å². The minimum atomic E-state index is -1.04. The van der Waals surface area contributed by atoms with Crippen LogP contribution in [0.1, 0.15) is 0 Å². The van der Waals surface area contributed by atoms with E-state index in [1.54, 1.807) is 12.1 Å². The van der Waals surface area contributed by atoms with E-state index in [2.05, 4.69) is 20.3 Å². The number of hydrogen-bond acceptors (Lipinski definition) is 10. The number of anilines is 1. The van der Waals surface area contributed by atoms with Crippen LogP contribution in [0, 0.1) is 11.6 Å². The summed E-state index contributed by atoms with van der Waals surface area (Å²) < 4.78 is 62.1. The van der Waals surface area contributed by atoms with Crippen LogP contribution in [0.2, 0.25) is 0 Å². The Labute approximate surface area is 259 Å². The Morgan fingerprint density at radius 1 is 0.826 bits per heavy atom. The molecule has 1 aliphatic rings. The molecule has 46 heavy (non-hydrogen) atoms. The topological polar surface area (TPSA) is 143 Å². The van der Waals surface area contributed by atoms with E-state index in [1.165, 1.54) is 55.1 Å². The molecule has 3 aromatic carbocycles.